The minimum Gasteiger partial charge on any atom is -0.371 e. The molecule has 1 nitrogen and oxygen atoms in total. The first-order valence-electron chi connectivity index (χ1n) is 4.85. The highest BCUT2D eigenvalue weighted by molar-refractivity contribution is 5.46. The fraction of sp³-hybridized carbons (Fsp3) is 0.455. The van der Waals surface area contributed by atoms with E-state index in [1.54, 1.807) is 0 Å². The topological polar surface area (TPSA) is 3.24 Å². The third kappa shape index (κ3) is 2.03. The van der Waals surface area contributed by atoms with E-state index in [2.05, 4.69) is 0 Å². The Kier molecular flexibility index (Phi) is 2.40. The average molecular weight is 197 g/mol. The summed E-state index contributed by atoms with van der Waals surface area (Å²) in [5.41, 5.74) is 1.04. The molecule has 76 valence electrons. The maximum Gasteiger partial charge on any atom is 0.251 e. The van der Waals surface area contributed by atoms with Crippen molar-refractivity contribution < 1.29 is 8.78 Å². The Morgan fingerprint density at radius 3 is 2.14 bits per heavy atom. The van der Waals surface area contributed by atoms with Gasteiger partial charge in [-0.25, -0.2) is 8.78 Å². The zero-order valence-corrected chi connectivity index (χ0v) is 7.92. The highest BCUT2D eigenvalue weighted by Crippen LogP contribution is 2.30. The number of piperidine rings is 1. The first kappa shape index (κ1) is 9.44. The number of alkyl halides is 2. The Labute approximate surface area is 82.3 Å². The lowest BCUT2D eigenvalue weighted by Gasteiger charge is -2.33. The molecule has 0 bridgehead atoms. The summed E-state index contributed by atoms with van der Waals surface area (Å²) in [6.07, 6.45) is -0.0518. The molecule has 0 atom stereocenters. The van der Waals surface area contributed by atoms with Crippen molar-refractivity contribution in [2.75, 3.05) is 18.0 Å². The molecule has 1 aliphatic rings. The molecule has 14 heavy (non-hydrogen) atoms. The van der Waals surface area contributed by atoms with E-state index in [1.165, 1.54) is 0 Å². The third-order valence-electron chi connectivity index (χ3n) is 2.62. The van der Waals surface area contributed by atoms with E-state index in [1.807, 2.05) is 35.2 Å². The van der Waals surface area contributed by atoms with Gasteiger partial charge in [0.15, 0.2) is 0 Å². The summed E-state index contributed by atoms with van der Waals surface area (Å²) in [6, 6.07) is 9.72. The summed E-state index contributed by atoms with van der Waals surface area (Å²) in [7, 11) is 0. The molecule has 1 saturated heterocycles. The molecular weight excluding hydrogens is 184 g/mol. The zero-order valence-electron chi connectivity index (χ0n) is 7.92. The predicted octanol–water partition coefficient (Wildman–Crippen LogP) is 2.92. The van der Waals surface area contributed by atoms with Gasteiger partial charge in [0.1, 0.15) is 0 Å². The van der Waals surface area contributed by atoms with Gasteiger partial charge in [-0.05, 0) is 12.1 Å². The van der Waals surface area contributed by atoms with Gasteiger partial charge in [0.05, 0.1) is 0 Å². The van der Waals surface area contributed by atoms with E-state index in [0.717, 1.165) is 5.69 Å². The lowest BCUT2D eigenvalue weighted by molar-refractivity contribution is -0.0220. The van der Waals surface area contributed by atoms with Crippen molar-refractivity contribution in [3.05, 3.63) is 30.3 Å². The predicted molar refractivity (Wildman–Crippen MR) is 52.8 cm³/mol. The minimum absolute atomic E-state index is 0.0259. The molecular formula is C11H13F2N. The summed E-state index contributed by atoms with van der Waals surface area (Å²) < 4.78 is 25.7. The van der Waals surface area contributed by atoms with E-state index in [9.17, 15) is 8.78 Å². The van der Waals surface area contributed by atoms with Crippen LogP contribution in [0.4, 0.5) is 14.5 Å². The summed E-state index contributed by atoms with van der Waals surface area (Å²) in [5.74, 6) is -2.45. The molecule has 0 aromatic heterocycles. The largest absolute Gasteiger partial charge is 0.371 e. The molecule has 3 heteroatoms. The third-order valence-corrected chi connectivity index (χ3v) is 2.62. The van der Waals surface area contributed by atoms with Crippen LogP contribution >= 0.6 is 0 Å². The Morgan fingerprint density at radius 2 is 1.57 bits per heavy atom. The maximum atomic E-state index is 12.9. The Bertz CT molecular complexity index is 287. The second-order valence-corrected chi connectivity index (χ2v) is 3.68. The van der Waals surface area contributed by atoms with Crippen LogP contribution in [0.1, 0.15) is 12.8 Å². The van der Waals surface area contributed by atoms with Gasteiger partial charge >= 0.3 is 0 Å². The lowest BCUT2D eigenvalue weighted by atomic mass is 10.1. The summed E-state index contributed by atoms with van der Waals surface area (Å²) >= 11 is 0. The standard InChI is InChI=1S/C11H13F2N/c12-11(13)6-8-14(9-7-11)10-4-2-1-3-5-10/h1-5H,6-9H2. The van der Waals surface area contributed by atoms with Gasteiger partial charge in [0, 0.05) is 31.6 Å². The molecule has 1 aliphatic heterocycles. The number of benzene rings is 1. The number of para-hydroxylation sites is 1. The molecule has 0 saturated carbocycles. The highest BCUT2D eigenvalue weighted by Gasteiger charge is 2.33. The van der Waals surface area contributed by atoms with Gasteiger partial charge in [0.25, 0.3) is 5.92 Å². The van der Waals surface area contributed by atoms with Crippen molar-refractivity contribution in [2.24, 2.45) is 0 Å². The molecule has 0 aliphatic carbocycles. The van der Waals surface area contributed by atoms with Crippen LogP contribution in [0.15, 0.2) is 30.3 Å². The first-order valence-corrected chi connectivity index (χ1v) is 4.85. The molecule has 2 rings (SSSR count). The van der Waals surface area contributed by atoms with Crippen molar-refractivity contribution >= 4 is 5.69 Å². The van der Waals surface area contributed by atoms with Crippen molar-refractivity contribution in [3.8, 4) is 0 Å². The van der Waals surface area contributed by atoms with Crippen LogP contribution in [0.2, 0.25) is 0 Å². The first-order chi connectivity index (χ1) is 6.67. The van der Waals surface area contributed by atoms with Crippen molar-refractivity contribution in [3.63, 3.8) is 0 Å². The van der Waals surface area contributed by atoms with Crippen LogP contribution in [-0.2, 0) is 0 Å². The SMILES string of the molecule is FC1(F)CCN(c2ccccc2)CC1. The van der Waals surface area contributed by atoms with Crippen molar-refractivity contribution in [1.82, 2.24) is 0 Å². The van der Waals surface area contributed by atoms with E-state index in [-0.39, 0.29) is 12.8 Å². The van der Waals surface area contributed by atoms with E-state index in [0.29, 0.717) is 13.1 Å². The Hall–Kier alpha value is -1.12. The number of anilines is 1. The second kappa shape index (κ2) is 3.56. The molecule has 0 radical (unpaired) electrons. The smallest absolute Gasteiger partial charge is 0.251 e. The fourth-order valence-electron chi connectivity index (χ4n) is 1.73. The number of halogens is 2. The summed E-state index contributed by atoms with van der Waals surface area (Å²) in [6.45, 7) is 0.911. The minimum atomic E-state index is -2.45. The lowest BCUT2D eigenvalue weighted by Crippen LogP contribution is -2.39. The van der Waals surface area contributed by atoms with Gasteiger partial charge in [0.2, 0.25) is 0 Å². The quantitative estimate of drug-likeness (QED) is 0.669. The van der Waals surface area contributed by atoms with Crippen LogP contribution in [0.25, 0.3) is 0 Å². The Balaban J connectivity index is 2.03. The van der Waals surface area contributed by atoms with E-state index in [4.69, 9.17) is 0 Å². The summed E-state index contributed by atoms with van der Waals surface area (Å²) in [4.78, 5) is 2.01. The summed E-state index contributed by atoms with van der Waals surface area (Å²) in [5, 5.41) is 0. The van der Waals surface area contributed by atoms with Gasteiger partial charge in [-0.15, -0.1) is 0 Å². The molecule has 0 unspecified atom stereocenters. The van der Waals surface area contributed by atoms with Crippen LogP contribution in [0.5, 0.6) is 0 Å². The number of hydrogen-bond donors (Lipinski definition) is 0. The highest BCUT2D eigenvalue weighted by atomic mass is 19.3. The van der Waals surface area contributed by atoms with Gasteiger partial charge in [-0.3, -0.25) is 0 Å². The second-order valence-electron chi connectivity index (χ2n) is 3.68. The molecule has 1 heterocycles. The van der Waals surface area contributed by atoms with Gasteiger partial charge < -0.3 is 4.90 Å². The van der Waals surface area contributed by atoms with Crippen molar-refractivity contribution in [2.45, 2.75) is 18.8 Å². The normalized spacial score (nSPS) is 20.9. The molecule has 0 amide bonds. The number of nitrogens with zero attached hydrogens (tertiary/aromatic N) is 1. The molecule has 1 aromatic rings. The van der Waals surface area contributed by atoms with E-state index >= 15 is 0 Å². The zero-order chi connectivity index (χ0) is 10.0. The van der Waals surface area contributed by atoms with Crippen LogP contribution in [0.3, 0.4) is 0 Å². The van der Waals surface area contributed by atoms with Gasteiger partial charge in [-0.1, -0.05) is 18.2 Å². The maximum absolute atomic E-state index is 12.9. The average Bonchev–Trinajstić information content (AvgIpc) is 2.19. The fourth-order valence-corrected chi connectivity index (χ4v) is 1.73. The Morgan fingerprint density at radius 1 is 1.00 bits per heavy atom. The molecule has 0 N–H and O–H groups in total. The molecule has 1 aromatic carbocycles. The monoisotopic (exact) mass is 197 g/mol. The van der Waals surface area contributed by atoms with Crippen LogP contribution in [-0.4, -0.2) is 19.0 Å². The number of hydrogen-bond acceptors (Lipinski definition) is 1. The van der Waals surface area contributed by atoms with E-state index < -0.39 is 5.92 Å². The molecule has 1 fully saturated rings. The van der Waals surface area contributed by atoms with Crippen molar-refractivity contribution in [1.29, 1.82) is 0 Å². The van der Waals surface area contributed by atoms with Gasteiger partial charge in [-0.2, -0.15) is 0 Å². The molecule has 0 spiro atoms. The van der Waals surface area contributed by atoms with Crippen LogP contribution < -0.4 is 4.90 Å². The van der Waals surface area contributed by atoms with Crippen LogP contribution in [0, 0.1) is 0 Å². The number of rotatable bonds is 1.